The zero-order chi connectivity index (χ0) is 11.8. The van der Waals surface area contributed by atoms with E-state index in [1.54, 1.807) is 0 Å². The molecule has 0 aromatic carbocycles. The third kappa shape index (κ3) is 4.94. The molecule has 1 aliphatic rings. The Hall–Kier alpha value is -0.610. The van der Waals surface area contributed by atoms with E-state index >= 15 is 0 Å². The second-order valence-corrected chi connectivity index (χ2v) is 4.43. The van der Waals surface area contributed by atoms with Crippen LogP contribution in [0.25, 0.3) is 0 Å². The molecule has 4 nitrogen and oxygen atoms in total. The lowest BCUT2D eigenvalue weighted by Crippen LogP contribution is -2.36. The summed E-state index contributed by atoms with van der Waals surface area (Å²) in [5.74, 6) is 0.733. The lowest BCUT2D eigenvalue weighted by Gasteiger charge is -2.34. The Labute approximate surface area is 98.1 Å². The highest BCUT2D eigenvalue weighted by molar-refractivity contribution is 5.76. The molecule has 2 N–H and O–H groups in total. The minimum atomic E-state index is 0.191. The maximum Gasteiger partial charge on any atom is 0.220 e. The maximum absolute atomic E-state index is 11.5. The first kappa shape index (κ1) is 13.5. The van der Waals surface area contributed by atoms with Crippen LogP contribution in [0, 0.1) is 5.92 Å². The Balaban J connectivity index is 1.95. The third-order valence-corrected chi connectivity index (χ3v) is 2.99. The standard InChI is InChI=1S/C12H24N2O2/c1-3-16-11-7-10(8-11)9-12(15)14-6-4-5-13-2/h10-11,13H,3-9H2,1-2H3,(H,14,15). The molecular weight excluding hydrogens is 204 g/mol. The molecule has 0 unspecified atom stereocenters. The third-order valence-electron chi connectivity index (χ3n) is 2.99. The lowest BCUT2D eigenvalue weighted by atomic mass is 9.80. The van der Waals surface area contributed by atoms with E-state index in [1.165, 1.54) is 0 Å². The van der Waals surface area contributed by atoms with Crippen molar-refractivity contribution >= 4 is 5.91 Å². The van der Waals surface area contributed by atoms with Gasteiger partial charge in [0, 0.05) is 19.6 Å². The number of nitrogens with one attached hydrogen (secondary N) is 2. The molecule has 0 radical (unpaired) electrons. The molecule has 0 heterocycles. The molecule has 0 aliphatic heterocycles. The van der Waals surface area contributed by atoms with Gasteiger partial charge in [-0.1, -0.05) is 0 Å². The van der Waals surface area contributed by atoms with Crippen molar-refractivity contribution in [2.45, 2.75) is 38.7 Å². The highest BCUT2D eigenvalue weighted by Gasteiger charge is 2.30. The number of rotatable bonds is 8. The molecule has 0 aromatic heterocycles. The molecular formula is C12H24N2O2. The van der Waals surface area contributed by atoms with Gasteiger partial charge in [-0.25, -0.2) is 0 Å². The first-order chi connectivity index (χ1) is 7.76. The van der Waals surface area contributed by atoms with Crippen molar-refractivity contribution < 1.29 is 9.53 Å². The summed E-state index contributed by atoms with van der Waals surface area (Å²) in [6.45, 7) is 4.53. The second kappa shape index (κ2) is 7.63. The van der Waals surface area contributed by atoms with Gasteiger partial charge in [-0.15, -0.1) is 0 Å². The molecule has 1 rings (SSSR count). The van der Waals surface area contributed by atoms with Crippen molar-refractivity contribution in [1.29, 1.82) is 0 Å². The summed E-state index contributed by atoms with van der Waals surface area (Å²) >= 11 is 0. The summed E-state index contributed by atoms with van der Waals surface area (Å²) in [6, 6.07) is 0. The Morgan fingerprint density at radius 3 is 2.75 bits per heavy atom. The quantitative estimate of drug-likeness (QED) is 0.607. The van der Waals surface area contributed by atoms with Gasteiger partial charge in [0.15, 0.2) is 0 Å². The molecule has 0 atom stereocenters. The molecule has 94 valence electrons. The molecule has 0 spiro atoms. The van der Waals surface area contributed by atoms with Gasteiger partial charge in [0.2, 0.25) is 5.91 Å². The van der Waals surface area contributed by atoms with Gasteiger partial charge >= 0.3 is 0 Å². The van der Waals surface area contributed by atoms with E-state index in [4.69, 9.17) is 4.74 Å². The minimum Gasteiger partial charge on any atom is -0.378 e. The predicted molar refractivity (Wildman–Crippen MR) is 64.3 cm³/mol. The van der Waals surface area contributed by atoms with Crippen LogP contribution in [0.3, 0.4) is 0 Å². The number of ether oxygens (including phenoxy) is 1. The largest absolute Gasteiger partial charge is 0.378 e. The predicted octanol–water partition coefficient (Wildman–Crippen LogP) is 0.917. The van der Waals surface area contributed by atoms with Crippen LogP contribution >= 0.6 is 0 Å². The Bertz CT molecular complexity index is 203. The highest BCUT2D eigenvalue weighted by Crippen LogP contribution is 2.32. The zero-order valence-corrected chi connectivity index (χ0v) is 10.4. The van der Waals surface area contributed by atoms with Crippen molar-refractivity contribution in [2.75, 3.05) is 26.7 Å². The molecule has 1 fully saturated rings. The first-order valence-corrected chi connectivity index (χ1v) is 6.29. The molecule has 0 aromatic rings. The molecule has 0 saturated heterocycles. The smallest absolute Gasteiger partial charge is 0.220 e. The Kier molecular flexibility index (Phi) is 6.42. The van der Waals surface area contributed by atoms with Crippen LogP contribution in [0.15, 0.2) is 0 Å². The number of hydrogen-bond acceptors (Lipinski definition) is 3. The highest BCUT2D eigenvalue weighted by atomic mass is 16.5. The summed E-state index contributed by atoms with van der Waals surface area (Å²) in [5.41, 5.74) is 0. The number of carbonyl (C=O) groups is 1. The number of amides is 1. The summed E-state index contributed by atoms with van der Waals surface area (Å²) in [5, 5.41) is 6.00. The normalized spacial score (nSPS) is 23.9. The first-order valence-electron chi connectivity index (χ1n) is 6.29. The lowest BCUT2D eigenvalue weighted by molar-refractivity contribution is -0.124. The van der Waals surface area contributed by atoms with Crippen molar-refractivity contribution in [3.63, 3.8) is 0 Å². The van der Waals surface area contributed by atoms with E-state index in [2.05, 4.69) is 10.6 Å². The van der Waals surface area contributed by atoms with Crippen LogP contribution in [0.1, 0.15) is 32.6 Å². The summed E-state index contributed by atoms with van der Waals surface area (Å²) < 4.78 is 5.46. The van der Waals surface area contributed by atoms with E-state index in [-0.39, 0.29) is 5.91 Å². The van der Waals surface area contributed by atoms with Crippen LogP contribution < -0.4 is 10.6 Å². The Morgan fingerprint density at radius 2 is 2.12 bits per heavy atom. The van der Waals surface area contributed by atoms with Gasteiger partial charge in [-0.2, -0.15) is 0 Å². The van der Waals surface area contributed by atoms with Crippen LogP contribution in [0.5, 0.6) is 0 Å². The molecule has 0 bridgehead atoms. The topological polar surface area (TPSA) is 50.4 Å². The monoisotopic (exact) mass is 228 g/mol. The number of carbonyl (C=O) groups excluding carboxylic acids is 1. The van der Waals surface area contributed by atoms with Gasteiger partial charge in [0.1, 0.15) is 0 Å². The van der Waals surface area contributed by atoms with Crippen LogP contribution in [-0.4, -0.2) is 38.8 Å². The van der Waals surface area contributed by atoms with Crippen molar-refractivity contribution in [1.82, 2.24) is 10.6 Å². The SMILES string of the molecule is CCOC1CC(CC(=O)NCCCNC)C1. The molecule has 1 saturated carbocycles. The fraction of sp³-hybridized carbons (Fsp3) is 0.917. The van der Waals surface area contributed by atoms with Gasteiger partial charge in [-0.05, 0) is 45.7 Å². The summed E-state index contributed by atoms with van der Waals surface area (Å²) in [4.78, 5) is 11.5. The van der Waals surface area contributed by atoms with Gasteiger partial charge < -0.3 is 15.4 Å². The average molecular weight is 228 g/mol. The molecule has 1 amide bonds. The number of hydrogen-bond donors (Lipinski definition) is 2. The maximum atomic E-state index is 11.5. The fourth-order valence-corrected chi connectivity index (χ4v) is 2.04. The van der Waals surface area contributed by atoms with Crippen molar-refractivity contribution in [3.05, 3.63) is 0 Å². The Morgan fingerprint density at radius 1 is 1.38 bits per heavy atom. The second-order valence-electron chi connectivity index (χ2n) is 4.43. The summed E-state index contributed by atoms with van der Waals surface area (Å²) in [6.07, 6.45) is 4.18. The van der Waals surface area contributed by atoms with Crippen molar-refractivity contribution in [3.8, 4) is 0 Å². The van der Waals surface area contributed by atoms with Crippen LogP contribution in [-0.2, 0) is 9.53 Å². The van der Waals surface area contributed by atoms with Crippen LogP contribution in [0.2, 0.25) is 0 Å². The van der Waals surface area contributed by atoms with E-state index < -0.39 is 0 Å². The zero-order valence-electron chi connectivity index (χ0n) is 10.4. The van der Waals surface area contributed by atoms with E-state index in [9.17, 15) is 4.79 Å². The summed E-state index contributed by atoms with van der Waals surface area (Å²) in [7, 11) is 1.92. The van der Waals surface area contributed by atoms with Gasteiger partial charge in [0.25, 0.3) is 0 Å². The fourth-order valence-electron chi connectivity index (χ4n) is 2.04. The van der Waals surface area contributed by atoms with E-state index in [1.807, 2.05) is 14.0 Å². The average Bonchev–Trinajstić information content (AvgIpc) is 2.21. The van der Waals surface area contributed by atoms with E-state index in [0.717, 1.165) is 39.0 Å². The van der Waals surface area contributed by atoms with Crippen molar-refractivity contribution in [2.24, 2.45) is 5.92 Å². The van der Waals surface area contributed by atoms with Gasteiger partial charge in [-0.3, -0.25) is 4.79 Å². The van der Waals surface area contributed by atoms with Gasteiger partial charge in [0.05, 0.1) is 6.10 Å². The molecule has 4 heteroatoms. The molecule has 16 heavy (non-hydrogen) atoms. The van der Waals surface area contributed by atoms with Crippen LogP contribution in [0.4, 0.5) is 0 Å². The minimum absolute atomic E-state index is 0.191. The molecule has 1 aliphatic carbocycles. The van der Waals surface area contributed by atoms with E-state index in [0.29, 0.717) is 18.4 Å².